The summed E-state index contributed by atoms with van der Waals surface area (Å²) < 4.78 is 7.67. The third-order valence-electron chi connectivity index (χ3n) is 5.88. The number of amides is 1. The molecule has 1 saturated heterocycles. The second-order valence-corrected chi connectivity index (χ2v) is 8.42. The Labute approximate surface area is 201 Å². The number of hydrogen-bond donors (Lipinski definition) is 1. The highest BCUT2D eigenvalue weighted by Gasteiger charge is 2.28. The van der Waals surface area contributed by atoms with E-state index in [0.29, 0.717) is 41.3 Å². The number of piperidine rings is 1. The minimum Gasteiger partial charge on any atom is -0.505 e. The monoisotopic (exact) mass is 475 g/mol. The number of fused-ring (bicyclic) bond motifs is 1. The van der Waals surface area contributed by atoms with E-state index < -0.39 is 0 Å². The molecule has 0 bridgehead atoms. The van der Waals surface area contributed by atoms with Crippen molar-refractivity contribution in [1.29, 1.82) is 0 Å². The molecule has 4 heterocycles. The van der Waals surface area contributed by atoms with Gasteiger partial charge < -0.3 is 14.7 Å². The molecule has 9 heteroatoms. The fourth-order valence-corrected chi connectivity index (χ4v) is 4.44. The van der Waals surface area contributed by atoms with Crippen LogP contribution in [0.4, 0.5) is 0 Å². The van der Waals surface area contributed by atoms with Gasteiger partial charge in [0.15, 0.2) is 11.4 Å². The first-order chi connectivity index (χ1) is 16.5. The first-order valence-electron chi connectivity index (χ1n) is 10.9. The number of hydrogen-bond acceptors (Lipinski definition) is 6. The van der Waals surface area contributed by atoms with E-state index in [1.165, 1.54) is 12.3 Å². The third kappa shape index (κ3) is 4.08. The molecule has 8 nitrogen and oxygen atoms in total. The summed E-state index contributed by atoms with van der Waals surface area (Å²) in [6.45, 7) is 4.78. The average molecular weight is 476 g/mol. The molecule has 1 fully saturated rings. The Bertz CT molecular complexity index is 1350. The number of likely N-dealkylation sites (tertiary alicyclic amines) is 1. The van der Waals surface area contributed by atoms with Crippen molar-refractivity contribution in [2.75, 3.05) is 13.1 Å². The van der Waals surface area contributed by atoms with Crippen LogP contribution in [0.15, 0.2) is 67.6 Å². The molecule has 1 amide bonds. The van der Waals surface area contributed by atoms with Gasteiger partial charge in [-0.05, 0) is 55.3 Å². The topological polar surface area (TPSA) is 93.4 Å². The van der Waals surface area contributed by atoms with Gasteiger partial charge in [-0.1, -0.05) is 18.2 Å². The molecule has 172 valence electrons. The molecule has 1 aromatic carbocycles. The summed E-state index contributed by atoms with van der Waals surface area (Å²) >= 11 is 6.52. The van der Waals surface area contributed by atoms with Crippen molar-refractivity contribution in [3.05, 3.63) is 72.7 Å². The lowest BCUT2D eigenvalue weighted by atomic mass is 10.1. The van der Waals surface area contributed by atoms with E-state index in [-0.39, 0.29) is 22.7 Å². The van der Waals surface area contributed by atoms with Gasteiger partial charge in [0.1, 0.15) is 17.2 Å². The lowest BCUT2D eigenvalue weighted by Crippen LogP contribution is -2.40. The van der Waals surface area contributed by atoms with Crippen LogP contribution in [0.2, 0.25) is 5.02 Å². The van der Waals surface area contributed by atoms with E-state index in [1.54, 1.807) is 29.4 Å². The molecule has 0 aliphatic carbocycles. The fraction of sp³-hybridized carbons (Fsp3) is 0.200. The maximum atomic E-state index is 12.2. The van der Waals surface area contributed by atoms with E-state index in [2.05, 4.69) is 16.5 Å². The molecule has 1 atom stereocenters. The van der Waals surface area contributed by atoms with E-state index in [1.807, 2.05) is 28.9 Å². The van der Waals surface area contributed by atoms with Crippen molar-refractivity contribution >= 4 is 28.5 Å². The normalized spacial score (nSPS) is 15.9. The van der Waals surface area contributed by atoms with Crippen molar-refractivity contribution in [2.24, 2.45) is 0 Å². The summed E-state index contributed by atoms with van der Waals surface area (Å²) in [5.41, 5.74) is 1.97. The summed E-state index contributed by atoms with van der Waals surface area (Å²) in [5.74, 6) is 1.14. The number of nitrogens with zero attached hydrogens (tertiary/aromatic N) is 5. The van der Waals surface area contributed by atoms with Gasteiger partial charge >= 0.3 is 0 Å². The molecular formula is C25H22ClN5O3. The first-order valence-corrected chi connectivity index (χ1v) is 11.3. The zero-order chi connectivity index (χ0) is 23.7. The van der Waals surface area contributed by atoms with E-state index in [9.17, 15) is 9.90 Å². The van der Waals surface area contributed by atoms with Gasteiger partial charge in [-0.25, -0.2) is 9.67 Å². The van der Waals surface area contributed by atoms with Crippen molar-refractivity contribution in [3.63, 3.8) is 0 Å². The average Bonchev–Trinajstić information content (AvgIpc) is 3.27. The lowest BCUT2D eigenvalue weighted by Gasteiger charge is -2.32. The zero-order valence-electron chi connectivity index (χ0n) is 18.3. The van der Waals surface area contributed by atoms with Gasteiger partial charge in [0.25, 0.3) is 0 Å². The molecule has 4 aromatic rings. The number of halogens is 1. The van der Waals surface area contributed by atoms with Crippen molar-refractivity contribution < 1.29 is 14.6 Å². The summed E-state index contributed by atoms with van der Waals surface area (Å²) in [6.07, 6.45) is 7.67. The molecule has 1 aliphatic rings. The van der Waals surface area contributed by atoms with Crippen LogP contribution >= 0.6 is 11.6 Å². The lowest BCUT2D eigenvalue weighted by molar-refractivity contribution is -0.127. The summed E-state index contributed by atoms with van der Waals surface area (Å²) in [4.78, 5) is 22.4. The number of benzene rings is 1. The minimum absolute atomic E-state index is 0.0729. The van der Waals surface area contributed by atoms with Crippen LogP contribution in [0.1, 0.15) is 18.9 Å². The molecule has 0 spiro atoms. The Balaban J connectivity index is 1.53. The van der Waals surface area contributed by atoms with Crippen molar-refractivity contribution in [2.45, 2.75) is 18.9 Å². The van der Waals surface area contributed by atoms with Gasteiger partial charge in [-0.15, -0.1) is 0 Å². The van der Waals surface area contributed by atoms with Crippen LogP contribution in [0.3, 0.4) is 0 Å². The second kappa shape index (κ2) is 9.15. The van der Waals surface area contributed by atoms with Crippen LogP contribution in [0.25, 0.3) is 22.3 Å². The SMILES string of the molecule is C=CC(=O)N1CCC[C@@H](n2nc(-c3ccc(Oc4ccncc4)cc3)c3c(Cl)c(O)cnc32)C1. The molecule has 1 N–H and O–H groups in total. The highest BCUT2D eigenvalue weighted by molar-refractivity contribution is 6.37. The van der Waals surface area contributed by atoms with Crippen molar-refractivity contribution in [3.8, 4) is 28.5 Å². The number of carbonyl (C=O) groups is 1. The first kappa shape index (κ1) is 21.9. The highest BCUT2D eigenvalue weighted by atomic mass is 35.5. The molecule has 5 rings (SSSR count). The Morgan fingerprint density at radius 3 is 2.65 bits per heavy atom. The predicted octanol–water partition coefficient (Wildman–Crippen LogP) is 4.99. The number of aromatic hydroxyl groups is 1. The maximum Gasteiger partial charge on any atom is 0.246 e. The van der Waals surface area contributed by atoms with Crippen LogP contribution in [-0.4, -0.2) is 48.8 Å². The van der Waals surface area contributed by atoms with E-state index >= 15 is 0 Å². The van der Waals surface area contributed by atoms with Crippen LogP contribution < -0.4 is 4.74 Å². The second-order valence-electron chi connectivity index (χ2n) is 8.04. The summed E-state index contributed by atoms with van der Waals surface area (Å²) in [6, 6.07) is 10.9. The summed E-state index contributed by atoms with van der Waals surface area (Å²) in [5, 5.41) is 15.9. The smallest absolute Gasteiger partial charge is 0.246 e. The zero-order valence-corrected chi connectivity index (χ0v) is 19.0. The van der Waals surface area contributed by atoms with Gasteiger partial charge in [0.05, 0.1) is 22.6 Å². The highest BCUT2D eigenvalue weighted by Crippen LogP contribution is 2.39. The molecule has 0 radical (unpaired) electrons. The molecule has 1 aliphatic heterocycles. The largest absolute Gasteiger partial charge is 0.505 e. The van der Waals surface area contributed by atoms with Gasteiger partial charge in [0.2, 0.25) is 5.91 Å². The maximum absolute atomic E-state index is 12.2. The van der Waals surface area contributed by atoms with E-state index in [0.717, 1.165) is 18.4 Å². The van der Waals surface area contributed by atoms with Crippen LogP contribution in [-0.2, 0) is 4.79 Å². The van der Waals surface area contributed by atoms with Crippen LogP contribution in [0.5, 0.6) is 17.2 Å². The quantitative estimate of drug-likeness (QED) is 0.408. The molecular weight excluding hydrogens is 454 g/mol. The van der Waals surface area contributed by atoms with Crippen molar-refractivity contribution in [1.82, 2.24) is 24.6 Å². The van der Waals surface area contributed by atoms with Gasteiger partial charge in [-0.2, -0.15) is 5.10 Å². The van der Waals surface area contributed by atoms with Crippen LogP contribution in [0, 0.1) is 0 Å². The molecule has 3 aromatic heterocycles. The Hall–Kier alpha value is -3.91. The number of pyridine rings is 2. The number of ether oxygens (including phenoxy) is 1. The number of carbonyl (C=O) groups excluding carboxylic acids is 1. The molecule has 0 unspecified atom stereocenters. The standard InChI is InChI=1S/C25H22ClN5O3/c1-2-21(33)30-13-3-4-17(15-30)31-25-22(23(26)20(32)14-28-25)24(29-31)16-5-7-18(8-6-16)34-19-9-11-27-12-10-19/h2,5-12,14,17,32H,1,3-4,13,15H2/t17-/m1/s1. The number of rotatable bonds is 5. The Kier molecular flexibility index (Phi) is 5.90. The number of aromatic nitrogens is 4. The fourth-order valence-electron chi connectivity index (χ4n) is 4.22. The van der Waals surface area contributed by atoms with E-state index in [4.69, 9.17) is 21.4 Å². The Morgan fingerprint density at radius 2 is 1.91 bits per heavy atom. The van der Waals surface area contributed by atoms with Gasteiger partial charge in [0, 0.05) is 31.0 Å². The Morgan fingerprint density at radius 1 is 1.18 bits per heavy atom. The van der Waals surface area contributed by atoms with Gasteiger partial charge in [-0.3, -0.25) is 9.78 Å². The third-order valence-corrected chi connectivity index (χ3v) is 6.26. The minimum atomic E-state index is -0.111. The predicted molar refractivity (Wildman–Crippen MR) is 129 cm³/mol. The molecule has 0 saturated carbocycles. The molecule has 34 heavy (non-hydrogen) atoms. The summed E-state index contributed by atoms with van der Waals surface area (Å²) in [7, 11) is 0.